The predicted molar refractivity (Wildman–Crippen MR) is 70.1 cm³/mol. The molecule has 0 N–H and O–H groups in total. The van der Waals surface area contributed by atoms with E-state index in [1.54, 1.807) is 0 Å². The van der Waals surface area contributed by atoms with E-state index in [9.17, 15) is 0 Å². The van der Waals surface area contributed by atoms with Crippen molar-refractivity contribution in [2.75, 3.05) is 11.9 Å². The van der Waals surface area contributed by atoms with E-state index < -0.39 is 0 Å². The average molecular weight is 334 g/mol. The van der Waals surface area contributed by atoms with Crippen molar-refractivity contribution < 1.29 is 4.74 Å². The Hall–Kier alpha value is -0.0200. The smallest absolute Gasteiger partial charge is 0.125 e. The number of fused-ring (bicyclic) bond motifs is 1. The molecular formula is C12H14Br2O. The lowest BCUT2D eigenvalue weighted by atomic mass is 10.0. The lowest BCUT2D eigenvalue weighted by Crippen LogP contribution is -1.93. The Labute approximate surface area is 107 Å². The van der Waals surface area contributed by atoms with Gasteiger partial charge in [0.2, 0.25) is 0 Å². The molecule has 1 aromatic rings. The largest absolute Gasteiger partial charge is 0.493 e. The van der Waals surface area contributed by atoms with Crippen molar-refractivity contribution in [3.05, 3.63) is 27.7 Å². The minimum absolute atomic E-state index is 0.844. The molecule has 0 saturated carbocycles. The van der Waals surface area contributed by atoms with Crippen LogP contribution in [0.4, 0.5) is 0 Å². The SMILES string of the molecule is BrCCCCc1cc(Br)cc2c1OCC2. The molecule has 0 aliphatic carbocycles. The van der Waals surface area contributed by atoms with Crippen LogP contribution >= 0.6 is 31.9 Å². The first-order valence-electron chi connectivity index (χ1n) is 5.31. The number of benzene rings is 1. The van der Waals surface area contributed by atoms with E-state index in [2.05, 4.69) is 44.0 Å². The van der Waals surface area contributed by atoms with Crippen LogP contribution in [0.25, 0.3) is 0 Å². The van der Waals surface area contributed by atoms with E-state index in [1.165, 1.54) is 28.4 Å². The highest BCUT2D eigenvalue weighted by atomic mass is 79.9. The highest BCUT2D eigenvalue weighted by Gasteiger charge is 2.16. The zero-order valence-corrected chi connectivity index (χ0v) is 11.7. The molecule has 1 aromatic carbocycles. The van der Waals surface area contributed by atoms with E-state index in [0.29, 0.717) is 0 Å². The Kier molecular flexibility index (Phi) is 4.09. The normalized spacial score (nSPS) is 13.7. The minimum Gasteiger partial charge on any atom is -0.493 e. The second kappa shape index (κ2) is 5.35. The first-order chi connectivity index (χ1) is 7.31. The van der Waals surface area contributed by atoms with Gasteiger partial charge in [0.1, 0.15) is 5.75 Å². The number of hydrogen-bond acceptors (Lipinski definition) is 1. The number of aryl methyl sites for hydroxylation is 1. The number of ether oxygens (including phenoxy) is 1. The van der Waals surface area contributed by atoms with E-state index in [4.69, 9.17) is 4.74 Å². The predicted octanol–water partition coefficient (Wildman–Crippen LogP) is 4.10. The number of unbranched alkanes of at least 4 members (excludes halogenated alkanes) is 1. The fourth-order valence-electron chi connectivity index (χ4n) is 1.94. The quantitative estimate of drug-likeness (QED) is 0.595. The van der Waals surface area contributed by atoms with Crippen molar-refractivity contribution in [1.29, 1.82) is 0 Å². The van der Waals surface area contributed by atoms with Crippen LogP contribution in [-0.4, -0.2) is 11.9 Å². The molecule has 0 spiro atoms. The van der Waals surface area contributed by atoms with Gasteiger partial charge in [0, 0.05) is 16.2 Å². The fourth-order valence-corrected chi connectivity index (χ4v) is 2.89. The Balaban J connectivity index is 2.15. The van der Waals surface area contributed by atoms with Crippen molar-refractivity contribution >= 4 is 31.9 Å². The Morgan fingerprint density at radius 2 is 2.13 bits per heavy atom. The van der Waals surface area contributed by atoms with Gasteiger partial charge in [0.05, 0.1) is 6.61 Å². The zero-order chi connectivity index (χ0) is 10.7. The summed E-state index contributed by atoms with van der Waals surface area (Å²) < 4.78 is 6.86. The first kappa shape index (κ1) is 11.5. The lowest BCUT2D eigenvalue weighted by molar-refractivity contribution is 0.353. The van der Waals surface area contributed by atoms with Crippen LogP contribution in [0, 0.1) is 0 Å². The summed E-state index contributed by atoms with van der Waals surface area (Å²) in [4.78, 5) is 0. The second-order valence-electron chi connectivity index (χ2n) is 3.80. The molecule has 1 aliphatic heterocycles. The number of rotatable bonds is 4. The van der Waals surface area contributed by atoms with E-state index in [1.807, 2.05) is 0 Å². The molecule has 1 heterocycles. The molecule has 0 fully saturated rings. The van der Waals surface area contributed by atoms with Crippen LogP contribution in [0.2, 0.25) is 0 Å². The minimum atomic E-state index is 0.844. The van der Waals surface area contributed by atoms with Crippen LogP contribution in [-0.2, 0) is 12.8 Å². The van der Waals surface area contributed by atoms with Crippen molar-refractivity contribution in [3.8, 4) is 5.75 Å². The Morgan fingerprint density at radius 3 is 2.93 bits per heavy atom. The summed E-state index contributed by atoms with van der Waals surface area (Å²) in [6.07, 6.45) is 4.62. The van der Waals surface area contributed by atoms with Gasteiger partial charge in [-0.15, -0.1) is 0 Å². The molecule has 0 amide bonds. The third-order valence-corrected chi connectivity index (χ3v) is 3.67. The van der Waals surface area contributed by atoms with Crippen LogP contribution in [0.1, 0.15) is 24.0 Å². The third-order valence-electron chi connectivity index (χ3n) is 2.66. The van der Waals surface area contributed by atoms with Gasteiger partial charge in [0.15, 0.2) is 0 Å². The summed E-state index contributed by atoms with van der Waals surface area (Å²) in [5.74, 6) is 1.15. The van der Waals surface area contributed by atoms with E-state index in [0.717, 1.165) is 30.5 Å². The van der Waals surface area contributed by atoms with Gasteiger partial charge in [-0.25, -0.2) is 0 Å². The molecule has 0 bridgehead atoms. The fraction of sp³-hybridized carbons (Fsp3) is 0.500. The Morgan fingerprint density at radius 1 is 1.27 bits per heavy atom. The van der Waals surface area contributed by atoms with Gasteiger partial charge in [-0.05, 0) is 42.5 Å². The summed E-state index contributed by atoms with van der Waals surface area (Å²) in [7, 11) is 0. The molecule has 1 aliphatic rings. The topological polar surface area (TPSA) is 9.23 Å². The summed E-state index contributed by atoms with van der Waals surface area (Å²) in [6, 6.07) is 4.37. The number of halogens is 2. The van der Waals surface area contributed by atoms with Crippen molar-refractivity contribution in [2.45, 2.75) is 25.7 Å². The maximum Gasteiger partial charge on any atom is 0.125 e. The maximum atomic E-state index is 5.68. The van der Waals surface area contributed by atoms with Crippen LogP contribution < -0.4 is 4.74 Å². The number of alkyl halides is 1. The highest BCUT2D eigenvalue weighted by Crippen LogP contribution is 2.33. The Bertz CT molecular complexity index is 350. The van der Waals surface area contributed by atoms with Gasteiger partial charge >= 0.3 is 0 Å². The lowest BCUT2D eigenvalue weighted by Gasteiger charge is -2.08. The molecule has 0 unspecified atom stereocenters. The van der Waals surface area contributed by atoms with Gasteiger partial charge in [-0.2, -0.15) is 0 Å². The van der Waals surface area contributed by atoms with E-state index in [-0.39, 0.29) is 0 Å². The molecule has 2 rings (SSSR count). The molecule has 3 heteroatoms. The maximum absolute atomic E-state index is 5.68. The van der Waals surface area contributed by atoms with Crippen molar-refractivity contribution in [1.82, 2.24) is 0 Å². The standard InChI is InChI=1S/C12H14Br2O/c13-5-2-1-3-9-7-11(14)8-10-4-6-15-12(9)10/h7-8H,1-6H2. The highest BCUT2D eigenvalue weighted by molar-refractivity contribution is 9.10. The summed E-state index contributed by atoms with van der Waals surface area (Å²) >= 11 is 7.02. The monoisotopic (exact) mass is 332 g/mol. The van der Waals surface area contributed by atoms with Crippen LogP contribution in [0.15, 0.2) is 16.6 Å². The van der Waals surface area contributed by atoms with Gasteiger partial charge in [0.25, 0.3) is 0 Å². The van der Waals surface area contributed by atoms with E-state index >= 15 is 0 Å². The second-order valence-corrected chi connectivity index (χ2v) is 5.51. The molecule has 0 radical (unpaired) electrons. The van der Waals surface area contributed by atoms with Gasteiger partial charge in [-0.3, -0.25) is 0 Å². The van der Waals surface area contributed by atoms with Gasteiger partial charge in [-0.1, -0.05) is 31.9 Å². The third kappa shape index (κ3) is 2.76. The summed E-state index contributed by atoms with van der Waals surface area (Å²) in [5.41, 5.74) is 2.72. The molecular weight excluding hydrogens is 320 g/mol. The summed E-state index contributed by atoms with van der Waals surface area (Å²) in [6.45, 7) is 0.844. The molecule has 15 heavy (non-hydrogen) atoms. The molecule has 0 atom stereocenters. The van der Waals surface area contributed by atoms with Crippen LogP contribution in [0.3, 0.4) is 0 Å². The number of hydrogen-bond donors (Lipinski definition) is 0. The molecule has 1 nitrogen and oxygen atoms in total. The zero-order valence-electron chi connectivity index (χ0n) is 8.56. The van der Waals surface area contributed by atoms with Gasteiger partial charge < -0.3 is 4.74 Å². The summed E-state index contributed by atoms with van der Waals surface area (Å²) in [5, 5.41) is 1.09. The average Bonchev–Trinajstić information content (AvgIpc) is 2.65. The van der Waals surface area contributed by atoms with Crippen molar-refractivity contribution in [3.63, 3.8) is 0 Å². The molecule has 0 saturated heterocycles. The first-order valence-corrected chi connectivity index (χ1v) is 7.23. The van der Waals surface area contributed by atoms with Crippen molar-refractivity contribution in [2.24, 2.45) is 0 Å². The molecule has 82 valence electrons. The van der Waals surface area contributed by atoms with Crippen LogP contribution in [0.5, 0.6) is 5.75 Å². The molecule has 0 aromatic heterocycles.